The summed E-state index contributed by atoms with van der Waals surface area (Å²) in [5.41, 5.74) is 1.05. The van der Waals surface area contributed by atoms with Crippen molar-refractivity contribution in [2.75, 3.05) is 33.5 Å². The lowest BCUT2D eigenvalue weighted by atomic mass is 10.0. The number of nitrogens with zero attached hydrogens (tertiary/aromatic N) is 2. The first-order chi connectivity index (χ1) is 19.9. The Morgan fingerprint density at radius 1 is 0.805 bits per heavy atom. The van der Waals surface area contributed by atoms with Crippen LogP contribution in [0.3, 0.4) is 0 Å². The Balaban J connectivity index is 1.50. The predicted octanol–water partition coefficient (Wildman–Crippen LogP) is 8.42. The number of unbranched alkanes of at least 4 members (excludes halogenated alkanes) is 13. The fraction of sp³-hybridized carbons (Fsp3) is 0.719. The van der Waals surface area contributed by atoms with Gasteiger partial charge in [0.1, 0.15) is 18.5 Å². The maximum Gasteiger partial charge on any atom is 0.527 e. The van der Waals surface area contributed by atoms with E-state index in [1.807, 2.05) is 55.0 Å². The maximum atomic E-state index is 12.5. The van der Waals surface area contributed by atoms with Crippen LogP contribution in [0.5, 0.6) is 5.75 Å². The van der Waals surface area contributed by atoms with Crippen molar-refractivity contribution in [2.24, 2.45) is 0 Å². The van der Waals surface area contributed by atoms with Crippen LogP contribution in [0.1, 0.15) is 109 Å². The number of rotatable bonds is 26. The summed E-state index contributed by atoms with van der Waals surface area (Å²) in [6, 6.07) is 7.07. The van der Waals surface area contributed by atoms with Gasteiger partial charge in [0.25, 0.3) is 0 Å². The van der Waals surface area contributed by atoms with E-state index in [1.54, 1.807) is 12.1 Å². The first-order valence-corrected chi connectivity index (χ1v) is 17.4. The molecule has 0 aromatic heterocycles. The van der Waals surface area contributed by atoms with Crippen molar-refractivity contribution in [2.45, 2.75) is 116 Å². The topological polar surface area (TPSA) is 80.7 Å². The molecular weight excluding hydrogens is 539 g/mol. The minimum absolute atomic E-state index is 0.0803. The SMILES string of the molecule is CCCCCCCCCCCCCCCCOCC(COP(=O)(O)Oc1ccc(CN2[CH]N(C)C=C2)cc1)OCC. The van der Waals surface area contributed by atoms with Crippen LogP contribution in [0.4, 0.5) is 0 Å². The van der Waals surface area contributed by atoms with Gasteiger partial charge < -0.3 is 23.8 Å². The predicted molar refractivity (Wildman–Crippen MR) is 166 cm³/mol. The normalized spacial score (nSPS) is 15.4. The average molecular weight is 596 g/mol. The van der Waals surface area contributed by atoms with Crippen molar-refractivity contribution in [3.05, 3.63) is 48.9 Å². The summed E-state index contributed by atoms with van der Waals surface area (Å²) in [6.45, 7) is 8.19. The van der Waals surface area contributed by atoms with Crippen LogP contribution in [-0.2, 0) is 25.1 Å². The zero-order valence-electron chi connectivity index (χ0n) is 25.9. The summed E-state index contributed by atoms with van der Waals surface area (Å²) in [4.78, 5) is 14.2. The molecule has 0 saturated carbocycles. The molecule has 1 aliphatic rings. The molecule has 2 unspecified atom stereocenters. The van der Waals surface area contributed by atoms with Gasteiger partial charge in [0.2, 0.25) is 0 Å². The number of hydrogen-bond acceptors (Lipinski definition) is 7. The molecule has 0 aliphatic carbocycles. The third-order valence-corrected chi connectivity index (χ3v) is 8.02. The van der Waals surface area contributed by atoms with Gasteiger partial charge in [-0.15, -0.1) is 0 Å². The van der Waals surface area contributed by atoms with Crippen molar-refractivity contribution in [3.63, 3.8) is 0 Å². The number of phosphoric ester groups is 1. The number of benzene rings is 1. The number of ether oxygens (including phenoxy) is 2. The molecule has 1 heterocycles. The van der Waals surface area contributed by atoms with Gasteiger partial charge in [-0.05, 0) is 31.0 Å². The summed E-state index contributed by atoms with van der Waals surface area (Å²) in [5.74, 6) is 0.277. The smallest absolute Gasteiger partial charge is 0.404 e. The molecule has 0 bridgehead atoms. The quantitative estimate of drug-likeness (QED) is 0.0844. The van der Waals surface area contributed by atoms with Gasteiger partial charge in [-0.1, -0.05) is 103 Å². The van der Waals surface area contributed by atoms with Crippen LogP contribution in [-0.4, -0.2) is 54.3 Å². The molecule has 0 saturated heterocycles. The lowest BCUT2D eigenvalue weighted by Gasteiger charge is -2.20. The molecular formula is C32H56N2O6P. The van der Waals surface area contributed by atoms with E-state index in [2.05, 4.69) is 6.92 Å². The van der Waals surface area contributed by atoms with Gasteiger partial charge in [-0.2, -0.15) is 0 Å². The second-order valence-corrected chi connectivity index (χ2v) is 12.4. The van der Waals surface area contributed by atoms with Crippen molar-refractivity contribution in [1.82, 2.24) is 9.80 Å². The Bertz CT molecular complexity index is 853. The maximum absolute atomic E-state index is 12.5. The van der Waals surface area contributed by atoms with E-state index in [4.69, 9.17) is 18.5 Å². The molecule has 41 heavy (non-hydrogen) atoms. The standard InChI is InChI=1S/C32H56N2O6P/c1-4-6-7-8-9-10-11-12-13-14-15-16-17-18-25-37-27-32(38-5-2)28-39-41(35,36)40-31-21-19-30(20-22-31)26-34-24-23-33(3)29-34/h19-24,29,32H,4-18,25-28H2,1-3H3,(H,35,36). The molecule has 0 amide bonds. The third kappa shape index (κ3) is 17.9. The third-order valence-electron chi connectivity index (χ3n) is 7.10. The van der Waals surface area contributed by atoms with Gasteiger partial charge in [0.05, 0.1) is 13.2 Å². The van der Waals surface area contributed by atoms with Gasteiger partial charge >= 0.3 is 7.82 Å². The molecule has 0 fully saturated rings. The van der Waals surface area contributed by atoms with Crippen LogP contribution in [0, 0.1) is 6.67 Å². The fourth-order valence-corrected chi connectivity index (χ4v) is 5.59. The molecule has 8 nitrogen and oxygen atoms in total. The van der Waals surface area contributed by atoms with Crippen LogP contribution in [0.25, 0.3) is 0 Å². The molecule has 2 rings (SSSR count). The Morgan fingerprint density at radius 2 is 1.39 bits per heavy atom. The first-order valence-electron chi connectivity index (χ1n) is 15.9. The van der Waals surface area contributed by atoms with E-state index in [-0.39, 0.29) is 12.4 Å². The van der Waals surface area contributed by atoms with Gasteiger partial charge in [-0.3, -0.25) is 9.42 Å². The van der Waals surface area contributed by atoms with Crippen LogP contribution in [0.2, 0.25) is 0 Å². The summed E-state index contributed by atoms with van der Waals surface area (Å²) < 4.78 is 34.4. The number of hydrogen-bond donors (Lipinski definition) is 1. The van der Waals surface area contributed by atoms with E-state index in [0.29, 0.717) is 26.4 Å². The molecule has 1 N–H and O–H groups in total. The molecule has 2 atom stereocenters. The summed E-state index contributed by atoms with van der Waals surface area (Å²) in [7, 11) is -2.32. The second kappa shape index (κ2) is 22.0. The lowest BCUT2D eigenvalue weighted by Crippen LogP contribution is -2.26. The lowest BCUT2D eigenvalue weighted by molar-refractivity contribution is -0.0373. The summed E-state index contributed by atoms with van der Waals surface area (Å²) in [6.07, 6.45) is 22.1. The van der Waals surface area contributed by atoms with Crippen LogP contribution in [0.15, 0.2) is 36.7 Å². The monoisotopic (exact) mass is 595 g/mol. The van der Waals surface area contributed by atoms with E-state index in [9.17, 15) is 9.46 Å². The highest BCUT2D eigenvalue weighted by molar-refractivity contribution is 7.47. The number of phosphoric acid groups is 1. The van der Waals surface area contributed by atoms with Crippen molar-refractivity contribution in [1.29, 1.82) is 0 Å². The highest BCUT2D eigenvalue weighted by Crippen LogP contribution is 2.44. The minimum Gasteiger partial charge on any atom is -0.404 e. The average Bonchev–Trinajstić information content (AvgIpc) is 3.36. The van der Waals surface area contributed by atoms with Gasteiger partial charge in [-0.25, -0.2) is 4.57 Å². The molecule has 1 aromatic carbocycles. The zero-order valence-corrected chi connectivity index (χ0v) is 26.8. The molecule has 1 radical (unpaired) electrons. The Labute approximate surface area is 250 Å². The van der Waals surface area contributed by atoms with E-state index in [1.165, 1.54) is 77.0 Å². The minimum atomic E-state index is -4.29. The van der Waals surface area contributed by atoms with Crippen molar-refractivity contribution in [3.8, 4) is 5.75 Å². The van der Waals surface area contributed by atoms with E-state index < -0.39 is 13.9 Å². The second-order valence-electron chi connectivity index (χ2n) is 11.0. The molecule has 9 heteroatoms. The van der Waals surface area contributed by atoms with Crippen LogP contribution >= 0.6 is 7.82 Å². The zero-order chi connectivity index (χ0) is 29.6. The Kier molecular flexibility index (Phi) is 19.1. The molecule has 1 aliphatic heterocycles. The van der Waals surface area contributed by atoms with Crippen LogP contribution < -0.4 is 4.52 Å². The van der Waals surface area contributed by atoms with E-state index in [0.717, 1.165) is 18.4 Å². The Hall–Kier alpha value is -1.57. The highest BCUT2D eigenvalue weighted by atomic mass is 31.2. The Morgan fingerprint density at radius 3 is 1.93 bits per heavy atom. The van der Waals surface area contributed by atoms with E-state index >= 15 is 0 Å². The van der Waals surface area contributed by atoms with Gasteiger partial charge in [0, 0.05) is 39.2 Å². The first kappa shape index (κ1) is 35.6. The molecule has 235 valence electrons. The molecule has 1 aromatic rings. The largest absolute Gasteiger partial charge is 0.527 e. The van der Waals surface area contributed by atoms with Crippen molar-refractivity contribution < 1.29 is 28.0 Å². The highest BCUT2D eigenvalue weighted by Gasteiger charge is 2.25. The molecule has 0 spiro atoms. The van der Waals surface area contributed by atoms with Gasteiger partial charge in [0.15, 0.2) is 0 Å². The van der Waals surface area contributed by atoms with Crippen molar-refractivity contribution >= 4 is 7.82 Å². The summed E-state index contributed by atoms with van der Waals surface area (Å²) in [5, 5.41) is 0. The summed E-state index contributed by atoms with van der Waals surface area (Å²) >= 11 is 0. The fourth-order valence-electron chi connectivity index (χ4n) is 4.79.